The van der Waals surface area contributed by atoms with Gasteiger partial charge in [0, 0.05) is 6.26 Å². The minimum atomic E-state index is -3.24. The summed E-state index contributed by atoms with van der Waals surface area (Å²) >= 11 is 0. The van der Waals surface area contributed by atoms with Crippen LogP contribution in [0, 0.1) is 5.92 Å². The Kier molecular flexibility index (Phi) is 5.99. The second-order valence-electron chi connectivity index (χ2n) is 6.00. The first-order chi connectivity index (χ1) is 10.9. The highest BCUT2D eigenvalue weighted by molar-refractivity contribution is 7.90. The molecule has 0 N–H and O–H groups in total. The average molecular weight is 336 g/mol. The van der Waals surface area contributed by atoms with Crippen LogP contribution in [0.5, 0.6) is 0 Å². The van der Waals surface area contributed by atoms with Gasteiger partial charge in [-0.15, -0.1) is 0 Å². The van der Waals surface area contributed by atoms with E-state index in [0.717, 1.165) is 12.8 Å². The third kappa shape index (κ3) is 4.93. The van der Waals surface area contributed by atoms with E-state index in [9.17, 15) is 13.2 Å². The number of hydrogen-bond donors (Lipinski definition) is 0. The Labute approximate surface area is 138 Å². The van der Waals surface area contributed by atoms with Crippen LogP contribution in [-0.4, -0.2) is 27.2 Å². The lowest BCUT2D eigenvalue weighted by atomic mass is 9.87. The smallest absolute Gasteiger partial charge is 0.338 e. The van der Waals surface area contributed by atoms with Gasteiger partial charge in [-0.25, -0.2) is 13.2 Å². The van der Waals surface area contributed by atoms with Crippen molar-refractivity contribution in [2.75, 3.05) is 12.9 Å². The zero-order valence-electron chi connectivity index (χ0n) is 13.7. The topological polar surface area (TPSA) is 60.4 Å². The van der Waals surface area contributed by atoms with Gasteiger partial charge in [0.05, 0.1) is 17.1 Å². The molecule has 126 valence electrons. The van der Waals surface area contributed by atoms with Gasteiger partial charge in [0.1, 0.15) is 0 Å². The summed E-state index contributed by atoms with van der Waals surface area (Å²) in [7, 11) is -3.24. The fourth-order valence-corrected chi connectivity index (χ4v) is 3.54. The van der Waals surface area contributed by atoms with E-state index in [-0.39, 0.29) is 10.9 Å². The number of sulfone groups is 1. The fourth-order valence-electron chi connectivity index (χ4n) is 2.91. The van der Waals surface area contributed by atoms with Crippen LogP contribution in [0.1, 0.15) is 44.6 Å². The highest BCUT2D eigenvalue weighted by Crippen LogP contribution is 2.29. The Morgan fingerprint density at radius 1 is 1.17 bits per heavy atom. The zero-order chi connectivity index (χ0) is 16.9. The summed E-state index contributed by atoms with van der Waals surface area (Å²) < 4.78 is 28.3. The van der Waals surface area contributed by atoms with E-state index in [1.165, 1.54) is 25.5 Å². The summed E-state index contributed by atoms with van der Waals surface area (Å²) in [6.07, 6.45) is 8.98. The molecule has 0 aromatic heterocycles. The highest BCUT2D eigenvalue weighted by atomic mass is 32.2. The number of carbonyl (C=O) groups excluding carboxylic acids is 1. The predicted octanol–water partition coefficient (Wildman–Crippen LogP) is 3.62. The normalized spacial score (nSPS) is 17.0. The summed E-state index contributed by atoms with van der Waals surface area (Å²) in [6, 6.07) is 6.45. The minimum Gasteiger partial charge on any atom is -0.462 e. The van der Waals surface area contributed by atoms with Crippen molar-refractivity contribution in [1.29, 1.82) is 0 Å². The monoisotopic (exact) mass is 336 g/mol. The van der Waals surface area contributed by atoms with E-state index in [0.29, 0.717) is 23.7 Å². The Hall–Kier alpha value is -1.62. The van der Waals surface area contributed by atoms with Crippen LogP contribution in [0.4, 0.5) is 0 Å². The van der Waals surface area contributed by atoms with Gasteiger partial charge in [0.25, 0.3) is 0 Å². The molecule has 4 nitrogen and oxygen atoms in total. The van der Waals surface area contributed by atoms with Crippen molar-refractivity contribution in [2.45, 2.75) is 43.9 Å². The number of carbonyl (C=O) groups is 1. The summed E-state index contributed by atoms with van der Waals surface area (Å²) in [5, 5.41) is 0. The van der Waals surface area contributed by atoms with Crippen molar-refractivity contribution in [3.63, 3.8) is 0 Å². The third-order valence-electron chi connectivity index (χ3n) is 4.14. The number of hydrogen-bond acceptors (Lipinski definition) is 4. The van der Waals surface area contributed by atoms with E-state index in [2.05, 4.69) is 0 Å². The van der Waals surface area contributed by atoms with Crippen molar-refractivity contribution in [3.05, 3.63) is 35.9 Å². The second kappa shape index (κ2) is 7.77. The molecule has 0 amide bonds. The van der Waals surface area contributed by atoms with Gasteiger partial charge >= 0.3 is 5.97 Å². The summed E-state index contributed by atoms with van der Waals surface area (Å²) in [5.41, 5.74) is 1.25. The predicted molar refractivity (Wildman–Crippen MR) is 90.7 cm³/mol. The van der Waals surface area contributed by atoms with Crippen LogP contribution >= 0.6 is 0 Å². The Morgan fingerprint density at radius 3 is 2.30 bits per heavy atom. The van der Waals surface area contributed by atoms with Crippen molar-refractivity contribution in [3.8, 4) is 0 Å². The fraction of sp³-hybridized carbons (Fsp3) is 0.500. The largest absolute Gasteiger partial charge is 0.462 e. The number of benzene rings is 1. The van der Waals surface area contributed by atoms with Gasteiger partial charge in [0.15, 0.2) is 9.84 Å². The standard InChI is InChI=1S/C18H24O4S/c1-3-22-18(19)17(13-14-7-5-4-6-8-14)15-9-11-16(12-10-15)23(2,20)21/h9-14H,3-8H2,1-2H3. The van der Waals surface area contributed by atoms with E-state index in [1.807, 2.05) is 6.08 Å². The van der Waals surface area contributed by atoms with Gasteiger partial charge in [-0.2, -0.15) is 0 Å². The number of allylic oxidation sites excluding steroid dienone is 1. The molecule has 1 saturated carbocycles. The number of ether oxygens (including phenoxy) is 1. The van der Waals surface area contributed by atoms with Crippen LogP contribution in [0.15, 0.2) is 35.2 Å². The van der Waals surface area contributed by atoms with Crippen LogP contribution in [0.25, 0.3) is 5.57 Å². The molecule has 0 bridgehead atoms. The molecule has 0 spiro atoms. The Balaban J connectivity index is 2.32. The van der Waals surface area contributed by atoms with Crippen molar-refractivity contribution in [1.82, 2.24) is 0 Å². The van der Waals surface area contributed by atoms with Crippen LogP contribution < -0.4 is 0 Å². The Morgan fingerprint density at radius 2 is 1.78 bits per heavy atom. The molecule has 0 saturated heterocycles. The van der Waals surface area contributed by atoms with Gasteiger partial charge in [0.2, 0.25) is 0 Å². The average Bonchev–Trinajstić information content (AvgIpc) is 2.53. The lowest BCUT2D eigenvalue weighted by Gasteiger charge is -2.19. The number of rotatable bonds is 5. The van der Waals surface area contributed by atoms with Gasteiger partial charge in [-0.3, -0.25) is 0 Å². The SMILES string of the molecule is CCOC(=O)C(=CC1CCCCC1)c1ccc(S(C)(=O)=O)cc1. The molecule has 1 aromatic carbocycles. The van der Waals surface area contributed by atoms with Crippen molar-refractivity contribution >= 4 is 21.4 Å². The zero-order valence-corrected chi connectivity index (χ0v) is 14.6. The molecule has 0 heterocycles. The maximum Gasteiger partial charge on any atom is 0.338 e. The van der Waals surface area contributed by atoms with Crippen LogP contribution in [0.2, 0.25) is 0 Å². The summed E-state index contributed by atoms with van der Waals surface area (Å²) in [6.45, 7) is 2.10. The maximum absolute atomic E-state index is 12.3. The third-order valence-corrected chi connectivity index (χ3v) is 5.27. The van der Waals surface area contributed by atoms with E-state index >= 15 is 0 Å². The molecule has 2 rings (SSSR count). The molecule has 1 aromatic rings. The van der Waals surface area contributed by atoms with E-state index in [4.69, 9.17) is 4.74 Å². The van der Waals surface area contributed by atoms with Crippen molar-refractivity contribution in [2.24, 2.45) is 5.92 Å². The minimum absolute atomic E-state index is 0.252. The van der Waals surface area contributed by atoms with E-state index < -0.39 is 9.84 Å². The van der Waals surface area contributed by atoms with Crippen molar-refractivity contribution < 1.29 is 17.9 Å². The highest BCUT2D eigenvalue weighted by Gasteiger charge is 2.19. The molecule has 0 radical (unpaired) electrons. The molecule has 0 atom stereocenters. The molecule has 23 heavy (non-hydrogen) atoms. The molecule has 0 aliphatic heterocycles. The second-order valence-corrected chi connectivity index (χ2v) is 8.01. The van der Waals surface area contributed by atoms with Crippen LogP contribution in [0.3, 0.4) is 0 Å². The lowest BCUT2D eigenvalue weighted by Crippen LogP contribution is -2.11. The van der Waals surface area contributed by atoms with Gasteiger partial charge in [-0.05, 0) is 43.4 Å². The molecule has 1 fully saturated rings. The maximum atomic E-state index is 12.3. The first kappa shape index (κ1) is 17.7. The summed E-state index contributed by atoms with van der Waals surface area (Å²) in [5.74, 6) is 0.0444. The molecular formula is C18H24O4S. The molecule has 0 unspecified atom stereocenters. The number of esters is 1. The summed E-state index contributed by atoms with van der Waals surface area (Å²) in [4.78, 5) is 12.5. The first-order valence-corrected chi connectivity index (χ1v) is 10.0. The lowest BCUT2D eigenvalue weighted by molar-refractivity contribution is -0.136. The molecular weight excluding hydrogens is 312 g/mol. The van der Waals surface area contributed by atoms with Crippen LogP contribution in [-0.2, 0) is 19.4 Å². The molecule has 5 heteroatoms. The van der Waals surface area contributed by atoms with E-state index in [1.54, 1.807) is 31.2 Å². The quantitative estimate of drug-likeness (QED) is 0.609. The molecule has 1 aliphatic rings. The van der Waals surface area contributed by atoms with Gasteiger partial charge < -0.3 is 4.74 Å². The van der Waals surface area contributed by atoms with Gasteiger partial charge in [-0.1, -0.05) is 37.5 Å². The molecule has 1 aliphatic carbocycles. The Bertz CT molecular complexity index is 665. The first-order valence-electron chi connectivity index (χ1n) is 8.11.